The Morgan fingerprint density at radius 2 is 2.04 bits per heavy atom. The standard InChI is InChI=1S/C21H25N3O2S2/c1-13(2)26-11-7-10-22-19(25)16-8-5-6-9-17(16)28-21-18-14(3)15(4)27-20(18)23-12-24-21/h5-6,8-9,12-13H,7,10-11H2,1-4H3,(H,22,25). The van der Waals surface area contributed by atoms with Crippen molar-refractivity contribution in [1.82, 2.24) is 15.3 Å². The first-order valence-electron chi connectivity index (χ1n) is 9.34. The molecule has 28 heavy (non-hydrogen) atoms. The number of ether oxygens (including phenoxy) is 1. The molecule has 2 heterocycles. The zero-order valence-corrected chi connectivity index (χ0v) is 18.2. The minimum atomic E-state index is -0.0730. The highest BCUT2D eigenvalue weighted by Gasteiger charge is 2.16. The van der Waals surface area contributed by atoms with Crippen molar-refractivity contribution in [2.45, 2.75) is 50.1 Å². The van der Waals surface area contributed by atoms with Crippen LogP contribution in [0.5, 0.6) is 0 Å². The summed E-state index contributed by atoms with van der Waals surface area (Å²) >= 11 is 3.19. The third-order valence-corrected chi connectivity index (χ3v) is 6.52. The lowest BCUT2D eigenvalue weighted by atomic mass is 10.2. The van der Waals surface area contributed by atoms with Gasteiger partial charge in [0.2, 0.25) is 0 Å². The Hall–Kier alpha value is -1.96. The van der Waals surface area contributed by atoms with Crippen molar-refractivity contribution in [3.8, 4) is 0 Å². The number of aryl methyl sites for hydroxylation is 2. The van der Waals surface area contributed by atoms with E-state index in [1.807, 2.05) is 38.1 Å². The van der Waals surface area contributed by atoms with Crippen molar-refractivity contribution >= 4 is 39.2 Å². The highest BCUT2D eigenvalue weighted by Crippen LogP contribution is 2.38. The zero-order valence-electron chi connectivity index (χ0n) is 16.6. The number of hydrogen-bond donors (Lipinski definition) is 1. The van der Waals surface area contributed by atoms with Gasteiger partial charge in [-0.2, -0.15) is 0 Å². The molecule has 3 rings (SSSR count). The molecule has 0 aliphatic rings. The molecule has 0 saturated heterocycles. The molecule has 0 radical (unpaired) electrons. The van der Waals surface area contributed by atoms with Crippen molar-refractivity contribution in [3.05, 3.63) is 46.6 Å². The van der Waals surface area contributed by atoms with Gasteiger partial charge in [0.25, 0.3) is 5.91 Å². The number of nitrogens with zero attached hydrogens (tertiary/aromatic N) is 2. The molecule has 1 aromatic carbocycles. The molecule has 0 spiro atoms. The summed E-state index contributed by atoms with van der Waals surface area (Å²) in [4.78, 5) is 24.7. The van der Waals surface area contributed by atoms with Gasteiger partial charge >= 0.3 is 0 Å². The summed E-state index contributed by atoms with van der Waals surface area (Å²) < 4.78 is 5.52. The minimum absolute atomic E-state index is 0.0730. The number of hydrogen-bond acceptors (Lipinski definition) is 6. The lowest BCUT2D eigenvalue weighted by molar-refractivity contribution is 0.0757. The van der Waals surface area contributed by atoms with Crippen molar-refractivity contribution < 1.29 is 9.53 Å². The summed E-state index contributed by atoms with van der Waals surface area (Å²) in [5.41, 5.74) is 1.86. The van der Waals surface area contributed by atoms with Crippen LogP contribution in [0.25, 0.3) is 10.2 Å². The second-order valence-electron chi connectivity index (χ2n) is 6.77. The molecule has 2 aromatic heterocycles. The monoisotopic (exact) mass is 415 g/mol. The Morgan fingerprint density at radius 1 is 1.25 bits per heavy atom. The summed E-state index contributed by atoms with van der Waals surface area (Å²) in [5.74, 6) is -0.0730. The van der Waals surface area contributed by atoms with Gasteiger partial charge in [0.1, 0.15) is 16.2 Å². The molecule has 0 saturated carbocycles. The molecule has 0 aliphatic heterocycles. The van der Waals surface area contributed by atoms with Gasteiger partial charge in [0.15, 0.2) is 0 Å². The van der Waals surface area contributed by atoms with Crippen LogP contribution in [0, 0.1) is 13.8 Å². The molecule has 0 aliphatic carbocycles. The first-order valence-corrected chi connectivity index (χ1v) is 11.0. The first-order chi connectivity index (χ1) is 13.5. The number of aromatic nitrogens is 2. The fourth-order valence-electron chi connectivity index (χ4n) is 2.76. The van der Waals surface area contributed by atoms with Gasteiger partial charge in [0, 0.05) is 28.3 Å². The van der Waals surface area contributed by atoms with Crippen LogP contribution in [0.4, 0.5) is 0 Å². The van der Waals surface area contributed by atoms with Crippen LogP contribution in [0.3, 0.4) is 0 Å². The second-order valence-corrected chi connectivity index (χ2v) is 9.00. The number of carbonyl (C=O) groups is 1. The Kier molecular flexibility index (Phi) is 7.04. The van der Waals surface area contributed by atoms with Gasteiger partial charge in [-0.15, -0.1) is 11.3 Å². The van der Waals surface area contributed by atoms with E-state index >= 15 is 0 Å². The van der Waals surface area contributed by atoms with Crippen LogP contribution < -0.4 is 5.32 Å². The predicted molar refractivity (Wildman–Crippen MR) is 115 cm³/mol. The Bertz CT molecular complexity index is 969. The van der Waals surface area contributed by atoms with Gasteiger partial charge in [-0.3, -0.25) is 4.79 Å². The van der Waals surface area contributed by atoms with E-state index in [1.54, 1.807) is 17.7 Å². The third-order valence-electron chi connectivity index (χ3n) is 4.33. The molecule has 0 atom stereocenters. The molecule has 5 nitrogen and oxygen atoms in total. The summed E-state index contributed by atoms with van der Waals surface area (Å²) in [5, 5.41) is 4.95. The Labute approximate surface area is 173 Å². The lowest BCUT2D eigenvalue weighted by Crippen LogP contribution is -2.26. The van der Waals surface area contributed by atoms with Gasteiger partial charge in [0.05, 0.1) is 11.7 Å². The van der Waals surface area contributed by atoms with Crippen molar-refractivity contribution in [2.75, 3.05) is 13.2 Å². The van der Waals surface area contributed by atoms with Gasteiger partial charge in [-0.25, -0.2) is 9.97 Å². The molecule has 1 amide bonds. The summed E-state index contributed by atoms with van der Waals surface area (Å²) in [7, 11) is 0. The van der Waals surface area contributed by atoms with Crippen LogP contribution in [0.1, 0.15) is 41.1 Å². The molecular weight excluding hydrogens is 390 g/mol. The molecule has 3 aromatic rings. The first kappa shape index (κ1) is 20.8. The Balaban J connectivity index is 1.75. The van der Waals surface area contributed by atoms with E-state index in [-0.39, 0.29) is 12.0 Å². The van der Waals surface area contributed by atoms with Crippen molar-refractivity contribution in [1.29, 1.82) is 0 Å². The molecule has 0 fully saturated rings. The number of thiophene rings is 1. The summed E-state index contributed by atoms with van der Waals surface area (Å²) in [6.07, 6.45) is 2.60. The van der Waals surface area contributed by atoms with Crippen molar-refractivity contribution in [3.63, 3.8) is 0 Å². The quantitative estimate of drug-likeness (QED) is 0.414. The van der Waals surface area contributed by atoms with Crippen LogP contribution in [0.15, 0.2) is 40.5 Å². The smallest absolute Gasteiger partial charge is 0.252 e. The highest BCUT2D eigenvalue weighted by molar-refractivity contribution is 7.99. The summed E-state index contributed by atoms with van der Waals surface area (Å²) in [6, 6.07) is 7.65. The van der Waals surface area contributed by atoms with Crippen molar-refractivity contribution in [2.24, 2.45) is 0 Å². The molecule has 0 bridgehead atoms. The largest absolute Gasteiger partial charge is 0.379 e. The normalized spacial score (nSPS) is 11.3. The second kappa shape index (κ2) is 9.49. The molecule has 148 valence electrons. The van der Waals surface area contributed by atoms with E-state index in [4.69, 9.17) is 4.74 Å². The topological polar surface area (TPSA) is 64.1 Å². The summed E-state index contributed by atoms with van der Waals surface area (Å²) in [6.45, 7) is 9.44. The fraction of sp³-hybridized carbons (Fsp3) is 0.381. The molecular formula is C21H25N3O2S2. The minimum Gasteiger partial charge on any atom is -0.379 e. The number of fused-ring (bicyclic) bond motifs is 1. The maximum atomic E-state index is 12.7. The van der Waals surface area contributed by atoms with Crippen LogP contribution in [-0.4, -0.2) is 35.1 Å². The number of amides is 1. The van der Waals surface area contributed by atoms with E-state index in [2.05, 4.69) is 29.1 Å². The van der Waals surface area contributed by atoms with E-state index in [1.165, 1.54) is 22.2 Å². The van der Waals surface area contributed by atoms with Gasteiger partial charge in [-0.1, -0.05) is 23.9 Å². The van der Waals surface area contributed by atoms with Crippen LogP contribution in [0.2, 0.25) is 0 Å². The van der Waals surface area contributed by atoms with E-state index in [0.717, 1.165) is 26.6 Å². The van der Waals surface area contributed by atoms with Crippen LogP contribution >= 0.6 is 23.1 Å². The third kappa shape index (κ3) is 4.90. The maximum Gasteiger partial charge on any atom is 0.252 e. The number of benzene rings is 1. The number of carbonyl (C=O) groups excluding carboxylic acids is 1. The van der Waals surface area contributed by atoms with E-state index < -0.39 is 0 Å². The van der Waals surface area contributed by atoms with Crippen LogP contribution in [-0.2, 0) is 4.74 Å². The highest BCUT2D eigenvalue weighted by atomic mass is 32.2. The lowest BCUT2D eigenvalue weighted by Gasteiger charge is -2.11. The average molecular weight is 416 g/mol. The SMILES string of the molecule is Cc1sc2ncnc(Sc3ccccc3C(=O)NCCCOC(C)C)c2c1C. The zero-order chi connectivity index (χ0) is 20.1. The average Bonchev–Trinajstić information content (AvgIpc) is 2.96. The maximum absolute atomic E-state index is 12.7. The van der Waals surface area contributed by atoms with E-state index in [0.29, 0.717) is 18.7 Å². The predicted octanol–water partition coefficient (Wildman–Crippen LogP) is 5.00. The van der Waals surface area contributed by atoms with Gasteiger partial charge < -0.3 is 10.1 Å². The Morgan fingerprint density at radius 3 is 2.82 bits per heavy atom. The molecule has 1 N–H and O–H groups in total. The van der Waals surface area contributed by atoms with E-state index in [9.17, 15) is 4.79 Å². The molecule has 0 unspecified atom stereocenters. The fourth-order valence-corrected chi connectivity index (χ4v) is 4.90. The van der Waals surface area contributed by atoms with Gasteiger partial charge in [-0.05, 0) is 51.8 Å². The number of rotatable bonds is 8. The molecule has 7 heteroatoms. The number of nitrogens with one attached hydrogen (secondary N) is 1.